The molecule has 0 aromatic heterocycles. The molecule has 2 nitrogen and oxygen atoms in total. The molecular weight excluding hydrogens is 383 g/mol. The Hall–Kier alpha value is 0.0900. The van der Waals surface area contributed by atoms with Gasteiger partial charge >= 0.3 is 6.18 Å². The molecule has 0 spiro atoms. The highest BCUT2D eigenvalue weighted by molar-refractivity contribution is 6.34. The number of hydrogen-bond donors (Lipinski definition) is 1. The minimum Gasteiger partial charge on any atom is -0.314 e. The topological polar surface area (TPSA) is 15.3 Å². The number of rotatable bonds is 3. The van der Waals surface area contributed by atoms with Crippen molar-refractivity contribution >= 4 is 48.0 Å². The molecule has 0 aliphatic carbocycles. The van der Waals surface area contributed by atoms with Crippen molar-refractivity contribution in [2.24, 2.45) is 0 Å². The van der Waals surface area contributed by atoms with E-state index in [4.69, 9.17) is 23.2 Å². The molecule has 1 atom stereocenters. The largest absolute Gasteiger partial charge is 0.390 e. The number of nitrogens with one attached hydrogen (secondary N) is 1. The number of alkyl halides is 3. The van der Waals surface area contributed by atoms with Crippen molar-refractivity contribution in [1.29, 1.82) is 0 Å². The minimum atomic E-state index is -4.23. The summed E-state index contributed by atoms with van der Waals surface area (Å²) in [5, 5.41) is 3.84. The molecule has 22 heavy (non-hydrogen) atoms. The molecule has 9 heteroatoms. The van der Waals surface area contributed by atoms with Crippen molar-refractivity contribution in [1.82, 2.24) is 10.2 Å². The number of piperazine rings is 1. The summed E-state index contributed by atoms with van der Waals surface area (Å²) in [6.45, 7) is 2.51. The maximum atomic E-state index is 12.8. The maximum Gasteiger partial charge on any atom is 0.390 e. The van der Waals surface area contributed by atoms with Crippen LogP contribution in [0.1, 0.15) is 18.0 Å². The second-order valence-electron chi connectivity index (χ2n) is 4.82. The predicted molar refractivity (Wildman–Crippen MR) is 88.8 cm³/mol. The molecule has 2 rings (SSSR count). The summed E-state index contributed by atoms with van der Waals surface area (Å²) < 4.78 is 38.5. The molecule has 1 aliphatic rings. The van der Waals surface area contributed by atoms with E-state index in [-0.39, 0.29) is 24.8 Å². The number of benzene rings is 1. The quantitative estimate of drug-likeness (QED) is 0.789. The monoisotopic (exact) mass is 398 g/mol. The highest BCUT2D eigenvalue weighted by atomic mass is 35.5. The lowest BCUT2D eigenvalue weighted by Gasteiger charge is -2.35. The molecule has 1 aliphatic heterocycles. The lowest BCUT2D eigenvalue weighted by atomic mass is 10.0. The van der Waals surface area contributed by atoms with E-state index in [9.17, 15) is 13.2 Å². The van der Waals surface area contributed by atoms with Gasteiger partial charge in [0.1, 0.15) is 0 Å². The third-order valence-corrected chi connectivity index (χ3v) is 3.72. The zero-order chi connectivity index (χ0) is 14.8. The second kappa shape index (κ2) is 9.40. The maximum absolute atomic E-state index is 12.8. The van der Waals surface area contributed by atoms with Crippen LogP contribution in [0.3, 0.4) is 0 Å². The van der Waals surface area contributed by atoms with Gasteiger partial charge in [0.15, 0.2) is 0 Å². The standard InChI is InChI=1S/C13H15Cl2F3N2.2ClH/c14-10-5-9(6-11(15)7-10)12(8-13(16,17)18)20-3-1-19-2-4-20;;/h5-7,12,19H,1-4,8H2;2*1H/t12-;;/m0../s1. The Morgan fingerprint density at radius 2 is 1.55 bits per heavy atom. The van der Waals surface area contributed by atoms with Gasteiger partial charge in [-0.25, -0.2) is 0 Å². The first kappa shape index (κ1) is 22.1. The average molecular weight is 400 g/mol. The summed E-state index contributed by atoms with van der Waals surface area (Å²) in [4.78, 5) is 1.83. The number of hydrogen-bond acceptors (Lipinski definition) is 2. The first-order valence-electron chi connectivity index (χ1n) is 6.33. The van der Waals surface area contributed by atoms with Crippen LogP contribution < -0.4 is 5.32 Å². The summed E-state index contributed by atoms with van der Waals surface area (Å²) >= 11 is 11.8. The highest BCUT2D eigenvalue weighted by Gasteiger charge is 2.36. The van der Waals surface area contributed by atoms with Crippen molar-refractivity contribution in [3.63, 3.8) is 0 Å². The van der Waals surface area contributed by atoms with Crippen molar-refractivity contribution in [3.8, 4) is 0 Å². The Morgan fingerprint density at radius 3 is 2.00 bits per heavy atom. The van der Waals surface area contributed by atoms with Crippen LogP contribution in [-0.4, -0.2) is 37.3 Å². The Bertz CT molecular complexity index is 445. The molecule has 0 amide bonds. The lowest BCUT2D eigenvalue weighted by molar-refractivity contribution is -0.148. The Labute approximate surface area is 150 Å². The third-order valence-electron chi connectivity index (χ3n) is 3.29. The molecule has 0 bridgehead atoms. The van der Waals surface area contributed by atoms with Crippen molar-refractivity contribution in [2.45, 2.75) is 18.6 Å². The van der Waals surface area contributed by atoms with Crippen molar-refractivity contribution in [3.05, 3.63) is 33.8 Å². The van der Waals surface area contributed by atoms with E-state index in [2.05, 4.69) is 5.32 Å². The second-order valence-corrected chi connectivity index (χ2v) is 5.70. The normalized spacial score (nSPS) is 17.3. The fourth-order valence-corrected chi connectivity index (χ4v) is 2.98. The fourth-order valence-electron chi connectivity index (χ4n) is 2.44. The summed E-state index contributed by atoms with van der Waals surface area (Å²) in [7, 11) is 0. The zero-order valence-corrected chi connectivity index (χ0v) is 14.6. The van der Waals surface area contributed by atoms with E-state index in [1.165, 1.54) is 6.07 Å². The van der Waals surface area contributed by atoms with Gasteiger partial charge in [0.2, 0.25) is 0 Å². The van der Waals surface area contributed by atoms with Gasteiger partial charge in [-0.1, -0.05) is 23.2 Å². The summed E-state index contributed by atoms with van der Waals surface area (Å²) in [5.74, 6) is 0. The van der Waals surface area contributed by atoms with E-state index in [0.29, 0.717) is 41.8 Å². The minimum absolute atomic E-state index is 0. The average Bonchev–Trinajstić information content (AvgIpc) is 2.35. The Balaban J connectivity index is 0.00000220. The smallest absolute Gasteiger partial charge is 0.314 e. The van der Waals surface area contributed by atoms with Gasteiger partial charge in [0.05, 0.1) is 6.42 Å². The zero-order valence-electron chi connectivity index (χ0n) is 11.5. The third kappa shape index (κ3) is 6.69. The molecule has 0 unspecified atom stereocenters. The van der Waals surface area contributed by atoms with Gasteiger partial charge in [-0.15, -0.1) is 24.8 Å². The van der Waals surface area contributed by atoms with Gasteiger partial charge in [-0.2, -0.15) is 13.2 Å². The van der Waals surface area contributed by atoms with Gasteiger partial charge in [0, 0.05) is 42.3 Å². The fraction of sp³-hybridized carbons (Fsp3) is 0.538. The van der Waals surface area contributed by atoms with E-state index < -0.39 is 18.6 Å². The molecule has 128 valence electrons. The Kier molecular flexibility index (Phi) is 9.44. The van der Waals surface area contributed by atoms with E-state index in [1.807, 2.05) is 4.90 Å². The van der Waals surface area contributed by atoms with E-state index >= 15 is 0 Å². The Morgan fingerprint density at radius 1 is 1.05 bits per heavy atom. The molecule has 1 saturated heterocycles. The van der Waals surface area contributed by atoms with Gasteiger partial charge in [-0.3, -0.25) is 4.90 Å². The lowest BCUT2D eigenvalue weighted by Crippen LogP contribution is -2.46. The van der Waals surface area contributed by atoms with Crippen molar-refractivity contribution in [2.75, 3.05) is 26.2 Å². The van der Waals surface area contributed by atoms with Crippen LogP contribution in [0.2, 0.25) is 10.0 Å². The van der Waals surface area contributed by atoms with Crippen LogP contribution in [0.4, 0.5) is 13.2 Å². The molecule has 1 aromatic carbocycles. The van der Waals surface area contributed by atoms with Crippen LogP contribution in [0, 0.1) is 0 Å². The molecule has 0 saturated carbocycles. The summed E-state index contributed by atoms with van der Waals surface area (Å²) in [6, 6.07) is 3.90. The first-order chi connectivity index (χ1) is 9.35. The summed E-state index contributed by atoms with van der Waals surface area (Å²) in [6.07, 6.45) is -5.13. The van der Waals surface area contributed by atoms with Crippen LogP contribution in [-0.2, 0) is 0 Å². The molecular formula is C13H17Cl4F3N2. The number of halogens is 7. The number of nitrogens with zero attached hydrogens (tertiary/aromatic N) is 1. The van der Waals surface area contributed by atoms with Crippen LogP contribution in [0.25, 0.3) is 0 Å². The molecule has 1 fully saturated rings. The first-order valence-corrected chi connectivity index (χ1v) is 7.08. The van der Waals surface area contributed by atoms with Crippen LogP contribution in [0.5, 0.6) is 0 Å². The van der Waals surface area contributed by atoms with E-state index in [0.717, 1.165) is 0 Å². The summed E-state index contributed by atoms with van der Waals surface area (Å²) in [5.41, 5.74) is 0.515. The highest BCUT2D eigenvalue weighted by Crippen LogP contribution is 2.36. The molecule has 0 radical (unpaired) electrons. The molecule has 1 aromatic rings. The predicted octanol–water partition coefficient (Wildman–Crippen LogP) is 4.74. The molecule has 1 heterocycles. The van der Waals surface area contributed by atoms with Crippen molar-refractivity contribution < 1.29 is 13.2 Å². The SMILES string of the molecule is Cl.Cl.FC(F)(F)C[C@@H](c1cc(Cl)cc(Cl)c1)N1CCNCC1. The van der Waals surface area contributed by atoms with Crippen LogP contribution >= 0.6 is 48.0 Å². The molecule has 1 N–H and O–H groups in total. The van der Waals surface area contributed by atoms with Crippen LogP contribution in [0.15, 0.2) is 18.2 Å². The van der Waals surface area contributed by atoms with Gasteiger partial charge < -0.3 is 5.32 Å². The van der Waals surface area contributed by atoms with E-state index in [1.54, 1.807) is 12.1 Å². The van der Waals surface area contributed by atoms with Gasteiger partial charge in [0.25, 0.3) is 0 Å². The van der Waals surface area contributed by atoms with Gasteiger partial charge in [-0.05, 0) is 23.8 Å².